The highest BCUT2D eigenvalue weighted by atomic mass is 16.7. The molecule has 0 unspecified atom stereocenters. The third-order valence-electron chi connectivity index (χ3n) is 5.36. The summed E-state index contributed by atoms with van der Waals surface area (Å²) in [6, 6.07) is 12.8. The third-order valence-corrected chi connectivity index (χ3v) is 5.36. The van der Waals surface area contributed by atoms with Gasteiger partial charge < -0.3 is 37.9 Å². The zero-order valence-electron chi connectivity index (χ0n) is 24.7. The lowest BCUT2D eigenvalue weighted by atomic mass is 10.0. The molecule has 0 aromatic heterocycles. The number of carbonyl (C=O) groups excluding carboxylic acids is 3. The second kappa shape index (κ2) is 18.4. The van der Waals surface area contributed by atoms with Crippen molar-refractivity contribution in [1.29, 1.82) is 0 Å². The molecule has 0 radical (unpaired) electrons. The van der Waals surface area contributed by atoms with Crippen molar-refractivity contribution in [3.63, 3.8) is 0 Å². The van der Waals surface area contributed by atoms with Gasteiger partial charge in [-0.25, -0.2) is 9.59 Å². The van der Waals surface area contributed by atoms with Crippen LogP contribution in [0.4, 0.5) is 0 Å². The van der Waals surface area contributed by atoms with Crippen molar-refractivity contribution < 1.29 is 52.3 Å². The summed E-state index contributed by atoms with van der Waals surface area (Å²) in [5.41, 5.74) is 0.805. The van der Waals surface area contributed by atoms with Crippen molar-refractivity contribution >= 4 is 17.7 Å². The summed E-state index contributed by atoms with van der Waals surface area (Å²) in [4.78, 5) is 36.9. The molecule has 2 aromatic rings. The molecular formula is C31H38O11. The van der Waals surface area contributed by atoms with Crippen LogP contribution in [0.25, 0.3) is 0 Å². The summed E-state index contributed by atoms with van der Waals surface area (Å²) in [6.45, 7) is 8.46. The Morgan fingerprint density at radius 1 is 0.571 bits per heavy atom. The van der Waals surface area contributed by atoms with E-state index in [9.17, 15) is 14.4 Å². The molecule has 0 spiro atoms. The normalized spacial score (nSPS) is 11.9. The van der Waals surface area contributed by atoms with Crippen molar-refractivity contribution in [2.75, 3.05) is 40.6 Å². The summed E-state index contributed by atoms with van der Waals surface area (Å²) >= 11 is 0. The van der Waals surface area contributed by atoms with E-state index in [4.69, 9.17) is 37.9 Å². The highest BCUT2D eigenvalue weighted by Gasteiger charge is 2.21. The van der Waals surface area contributed by atoms with Crippen LogP contribution in [0.15, 0.2) is 72.2 Å². The smallest absolute Gasteiger partial charge is 0.334 e. The molecule has 0 atom stereocenters. The summed E-state index contributed by atoms with van der Waals surface area (Å²) in [6.07, 6.45) is 0.466. The van der Waals surface area contributed by atoms with Crippen LogP contribution in [-0.2, 0) is 38.0 Å². The van der Waals surface area contributed by atoms with Gasteiger partial charge in [0.05, 0.1) is 26.4 Å². The molecule has 0 aliphatic heterocycles. The fourth-order valence-electron chi connectivity index (χ4n) is 3.46. The Bertz CT molecular complexity index is 1090. The Morgan fingerprint density at radius 2 is 0.881 bits per heavy atom. The van der Waals surface area contributed by atoms with E-state index in [0.29, 0.717) is 49.1 Å². The molecule has 0 N–H and O–H groups in total. The van der Waals surface area contributed by atoms with Gasteiger partial charge in [0, 0.05) is 37.6 Å². The number of hydrogen-bond donors (Lipinski definition) is 0. The second-order valence-electron chi connectivity index (χ2n) is 8.21. The van der Waals surface area contributed by atoms with Crippen molar-refractivity contribution in [3.8, 4) is 11.5 Å². The van der Waals surface area contributed by atoms with Crippen molar-refractivity contribution in [3.05, 3.63) is 83.3 Å². The molecule has 228 valence electrons. The van der Waals surface area contributed by atoms with Crippen LogP contribution in [0.2, 0.25) is 0 Å². The number of methoxy groups -OCH3 is 2. The predicted molar refractivity (Wildman–Crippen MR) is 152 cm³/mol. The predicted octanol–water partition coefficient (Wildman–Crippen LogP) is 4.59. The highest BCUT2D eigenvalue weighted by Crippen LogP contribution is 2.23. The molecule has 42 heavy (non-hydrogen) atoms. The van der Waals surface area contributed by atoms with E-state index in [1.807, 2.05) is 0 Å². The van der Waals surface area contributed by atoms with Crippen molar-refractivity contribution in [1.82, 2.24) is 0 Å². The third kappa shape index (κ3) is 10.7. The fraction of sp³-hybridized carbons (Fsp3) is 0.387. The van der Waals surface area contributed by atoms with E-state index < -0.39 is 24.5 Å². The first-order chi connectivity index (χ1) is 20.3. The molecule has 0 fully saturated rings. The number of ether oxygens (including phenoxy) is 8. The molecule has 2 rings (SSSR count). The molecule has 0 saturated heterocycles. The second-order valence-corrected chi connectivity index (χ2v) is 8.21. The average molecular weight is 587 g/mol. The van der Waals surface area contributed by atoms with Crippen LogP contribution in [0.5, 0.6) is 11.5 Å². The van der Waals surface area contributed by atoms with Crippen LogP contribution in [0.3, 0.4) is 0 Å². The summed E-state index contributed by atoms with van der Waals surface area (Å²) in [5, 5.41) is 0. The Morgan fingerprint density at radius 3 is 1.14 bits per heavy atom. The van der Waals surface area contributed by atoms with Crippen LogP contribution in [-0.4, -0.2) is 70.9 Å². The number of rotatable bonds is 18. The lowest BCUT2D eigenvalue weighted by molar-refractivity contribution is -0.139. The maximum absolute atomic E-state index is 13.1. The Balaban J connectivity index is 2.21. The van der Waals surface area contributed by atoms with Gasteiger partial charge in [-0.3, -0.25) is 4.79 Å². The molecule has 0 bridgehead atoms. The first-order valence-electron chi connectivity index (χ1n) is 13.5. The first kappa shape index (κ1) is 34.2. The lowest BCUT2D eigenvalue weighted by Crippen LogP contribution is -2.24. The zero-order chi connectivity index (χ0) is 30.9. The zero-order valence-corrected chi connectivity index (χ0v) is 24.7. The molecular weight excluding hydrogens is 548 g/mol. The van der Waals surface area contributed by atoms with E-state index in [2.05, 4.69) is 0 Å². The lowest BCUT2D eigenvalue weighted by Gasteiger charge is -2.20. The van der Waals surface area contributed by atoms with Gasteiger partial charge in [-0.1, -0.05) is 0 Å². The molecule has 11 nitrogen and oxygen atoms in total. The number of benzene rings is 2. The SMILES string of the molecule is CCOC(OCC)C(=CC(=O)OC)Oc1ccc(C(=O)c2ccc(OC(=CC(=O)OC)C(OCC)OCC)cc2)cc1. The van der Waals surface area contributed by atoms with Gasteiger partial charge in [0.2, 0.25) is 12.6 Å². The number of hydrogen-bond acceptors (Lipinski definition) is 11. The molecule has 0 amide bonds. The topological polar surface area (TPSA) is 125 Å². The minimum Gasteiger partial charge on any atom is -0.466 e. The standard InChI is InChI=1S/C31H38O11/c1-7-37-30(38-8-2)25(19-27(32)35-5)41-23-15-11-21(12-16-23)29(34)22-13-17-24(18-14-22)42-26(20-28(33)36-6)31(39-9-3)40-10-4/h11-20,30-31H,7-10H2,1-6H3. The van der Waals surface area contributed by atoms with Gasteiger partial charge in [-0.15, -0.1) is 0 Å². The molecule has 2 aromatic carbocycles. The van der Waals surface area contributed by atoms with Crippen LogP contribution in [0.1, 0.15) is 43.6 Å². The molecule has 0 aliphatic carbocycles. The van der Waals surface area contributed by atoms with E-state index >= 15 is 0 Å². The molecule has 0 aliphatic rings. The van der Waals surface area contributed by atoms with Crippen LogP contribution in [0, 0.1) is 0 Å². The Kier molecular flexibility index (Phi) is 15.0. The van der Waals surface area contributed by atoms with Crippen molar-refractivity contribution in [2.24, 2.45) is 0 Å². The number of esters is 2. The van der Waals surface area contributed by atoms with Gasteiger partial charge in [-0.05, 0) is 76.2 Å². The highest BCUT2D eigenvalue weighted by molar-refractivity contribution is 6.09. The Labute approximate surface area is 245 Å². The van der Waals surface area contributed by atoms with E-state index in [0.717, 1.165) is 12.2 Å². The number of carbonyl (C=O) groups is 3. The summed E-state index contributed by atoms with van der Waals surface area (Å²) in [5.74, 6) is -0.572. The number of ketones is 1. The summed E-state index contributed by atoms with van der Waals surface area (Å²) < 4.78 is 43.3. The Hall–Kier alpha value is -4.03. The largest absolute Gasteiger partial charge is 0.466 e. The minimum absolute atomic E-state index is 0.108. The van der Waals surface area contributed by atoms with Gasteiger partial charge in [-0.2, -0.15) is 0 Å². The van der Waals surface area contributed by atoms with E-state index in [-0.39, 0.29) is 17.3 Å². The molecule has 0 saturated carbocycles. The van der Waals surface area contributed by atoms with Crippen LogP contribution < -0.4 is 9.47 Å². The van der Waals surface area contributed by atoms with E-state index in [1.54, 1.807) is 76.2 Å². The summed E-state index contributed by atoms with van der Waals surface area (Å²) in [7, 11) is 2.50. The fourth-order valence-corrected chi connectivity index (χ4v) is 3.46. The molecule has 11 heteroatoms. The monoisotopic (exact) mass is 586 g/mol. The minimum atomic E-state index is -0.915. The van der Waals surface area contributed by atoms with Gasteiger partial charge in [0.15, 0.2) is 17.3 Å². The van der Waals surface area contributed by atoms with Crippen molar-refractivity contribution in [2.45, 2.75) is 40.3 Å². The first-order valence-corrected chi connectivity index (χ1v) is 13.5. The van der Waals surface area contributed by atoms with Gasteiger partial charge in [0.1, 0.15) is 11.5 Å². The maximum Gasteiger partial charge on any atom is 0.334 e. The maximum atomic E-state index is 13.1. The molecule has 0 heterocycles. The quantitative estimate of drug-likeness (QED) is 0.0801. The van der Waals surface area contributed by atoms with Gasteiger partial charge in [0.25, 0.3) is 0 Å². The van der Waals surface area contributed by atoms with E-state index in [1.165, 1.54) is 14.2 Å². The van der Waals surface area contributed by atoms with Gasteiger partial charge >= 0.3 is 11.9 Å². The average Bonchev–Trinajstić information content (AvgIpc) is 3.00. The van der Waals surface area contributed by atoms with Crippen LogP contribution >= 0.6 is 0 Å².